The van der Waals surface area contributed by atoms with Gasteiger partial charge >= 0.3 is 11.9 Å². The minimum atomic E-state index is -0.414. The Bertz CT molecular complexity index is 258. The van der Waals surface area contributed by atoms with Gasteiger partial charge in [0.25, 0.3) is 0 Å². The number of halogens is 1. The first kappa shape index (κ1) is 17.2. The van der Waals surface area contributed by atoms with E-state index < -0.39 is 5.60 Å². The summed E-state index contributed by atoms with van der Waals surface area (Å²) in [6.45, 7) is 5.56. The fourth-order valence-electron chi connectivity index (χ4n) is 1.42. The van der Waals surface area contributed by atoms with Gasteiger partial charge in [-0.3, -0.25) is 9.59 Å². The molecule has 0 amide bonds. The predicted molar refractivity (Wildman–Crippen MR) is 70.4 cm³/mol. The van der Waals surface area contributed by atoms with E-state index in [1.165, 1.54) is 0 Å². The Balaban J connectivity index is 3.41. The van der Waals surface area contributed by atoms with Gasteiger partial charge in [-0.1, -0.05) is 24.4 Å². The molecule has 0 atom stereocenters. The van der Waals surface area contributed by atoms with Crippen LogP contribution in [0.3, 0.4) is 0 Å². The van der Waals surface area contributed by atoms with Gasteiger partial charge in [0.15, 0.2) is 6.07 Å². The van der Waals surface area contributed by atoms with Gasteiger partial charge < -0.3 is 9.47 Å². The van der Waals surface area contributed by atoms with Crippen molar-refractivity contribution in [3.63, 3.8) is 0 Å². The SMILES string of the molecule is CC(C)(C)OC(=O)CCCCCCC(=O)OCCl. The number of unbranched alkanes of at least 4 members (excludes halogenated alkanes) is 3. The third kappa shape index (κ3) is 11.7. The molecule has 18 heavy (non-hydrogen) atoms. The van der Waals surface area contributed by atoms with Crippen molar-refractivity contribution in [1.82, 2.24) is 0 Å². The molecule has 0 aromatic heterocycles. The fourth-order valence-corrected chi connectivity index (χ4v) is 1.54. The molecular weight excluding hydrogens is 256 g/mol. The molecule has 0 aliphatic heterocycles. The van der Waals surface area contributed by atoms with Crippen molar-refractivity contribution >= 4 is 23.5 Å². The second-order valence-electron chi connectivity index (χ2n) is 5.13. The molecule has 0 N–H and O–H groups in total. The lowest BCUT2D eigenvalue weighted by atomic mass is 10.1. The van der Waals surface area contributed by atoms with E-state index in [4.69, 9.17) is 16.3 Å². The Kier molecular flexibility index (Phi) is 8.81. The largest absolute Gasteiger partial charge is 0.460 e. The molecule has 0 heterocycles. The van der Waals surface area contributed by atoms with E-state index in [0.717, 1.165) is 25.7 Å². The molecule has 0 aromatic carbocycles. The summed E-state index contributed by atoms with van der Waals surface area (Å²) in [6.07, 6.45) is 4.19. The van der Waals surface area contributed by atoms with Gasteiger partial charge in [-0.25, -0.2) is 0 Å². The summed E-state index contributed by atoms with van der Waals surface area (Å²) in [5, 5.41) is 0. The van der Waals surface area contributed by atoms with Gasteiger partial charge in [0.2, 0.25) is 0 Å². The number of ether oxygens (including phenoxy) is 2. The molecule has 4 nitrogen and oxygen atoms in total. The fraction of sp³-hybridized carbons (Fsp3) is 0.846. The lowest BCUT2D eigenvalue weighted by Crippen LogP contribution is -2.23. The normalized spacial score (nSPS) is 11.1. The highest BCUT2D eigenvalue weighted by molar-refractivity contribution is 6.17. The summed E-state index contributed by atoms with van der Waals surface area (Å²) < 4.78 is 9.78. The number of carbonyl (C=O) groups is 2. The molecule has 0 saturated heterocycles. The lowest BCUT2D eigenvalue weighted by Gasteiger charge is -2.19. The lowest BCUT2D eigenvalue weighted by molar-refractivity contribution is -0.155. The summed E-state index contributed by atoms with van der Waals surface area (Å²) in [7, 11) is 0. The molecule has 0 rings (SSSR count). The Morgan fingerprint density at radius 3 is 1.89 bits per heavy atom. The highest BCUT2D eigenvalue weighted by Gasteiger charge is 2.15. The van der Waals surface area contributed by atoms with E-state index >= 15 is 0 Å². The van der Waals surface area contributed by atoms with Crippen LogP contribution in [0.25, 0.3) is 0 Å². The molecule has 106 valence electrons. The van der Waals surface area contributed by atoms with Gasteiger partial charge in [0.1, 0.15) is 5.60 Å². The highest BCUT2D eigenvalue weighted by Crippen LogP contribution is 2.11. The highest BCUT2D eigenvalue weighted by atomic mass is 35.5. The second-order valence-corrected chi connectivity index (χ2v) is 5.34. The number of alkyl halides is 1. The van der Waals surface area contributed by atoms with Crippen LogP contribution in [0.1, 0.15) is 59.3 Å². The minimum absolute atomic E-state index is 0.0858. The zero-order valence-electron chi connectivity index (χ0n) is 11.5. The number of hydrogen-bond donors (Lipinski definition) is 0. The van der Waals surface area contributed by atoms with Crippen molar-refractivity contribution in [1.29, 1.82) is 0 Å². The van der Waals surface area contributed by atoms with E-state index in [2.05, 4.69) is 4.74 Å². The topological polar surface area (TPSA) is 52.6 Å². The molecule has 0 unspecified atom stereocenters. The molecule has 0 radical (unpaired) electrons. The Labute approximate surface area is 114 Å². The quantitative estimate of drug-likeness (QED) is 0.388. The molecule has 5 heteroatoms. The molecule has 0 aliphatic rings. The van der Waals surface area contributed by atoms with Crippen LogP contribution in [0.4, 0.5) is 0 Å². The van der Waals surface area contributed by atoms with Crippen molar-refractivity contribution in [3.05, 3.63) is 0 Å². The van der Waals surface area contributed by atoms with Crippen molar-refractivity contribution in [2.45, 2.75) is 64.9 Å². The van der Waals surface area contributed by atoms with E-state index in [1.807, 2.05) is 20.8 Å². The zero-order valence-corrected chi connectivity index (χ0v) is 12.2. The van der Waals surface area contributed by atoms with E-state index in [1.54, 1.807) is 0 Å². The molecule has 0 spiro atoms. The molecule has 0 saturated carbocycles. The summed E-state index contributed by atoms with van der Waals surface area (Å²) in [4.78, 5) is 22.3. The van der Waals surface area contributed by atoms with Crippen LogP contribution >= 0.6 is 11.6 Å². The Morgan fingerprint density at radius 1 is 0.944 bits per heavy atom. The van der Waals surface area contributed by atoms with E-state index in [9.17, 15) is 9.59 Å². The van der Waals surface area contributed by atoms with Crippen LogP contribution in [0.2, 0.25) is 0 Å². The predicted octanol–water partition coefficient (Wildman–Crippen LogP) is 3.41. The standard InChI is InChI=1S/C13H23ClO4/c1-13(2,3)18-12(16)9-7-5-4-6-8-11(15)17-10-14/h4-10H2,1-3H3. The molecule has 0 bridgehead atoms. The maximum absolute atomic E-state index is 11.4. The van der Waals surface area contributed by atoms with Crippen molar-refractivity contribution in [2.75, 3.05) is 6.07 Å². The molecule has 0 fully saturated rings. The Morgan fingerprint density at radius 2 is 1.44 bits per heavy atom. The average Bonchev–Trinajstić information content (AvgIpc) is 2.21. The van der Waals surface area contributed by atoms with Gasteiger partial charge in [0, 0.05) is 12.8 Å². The minimum Gasteiger partial charge on any atom is -0.460 e. The summed E-state index contributed by atoms with van der Waals surface area (Å²) in [5.41, 5.74) is -0.414. The van der Waals surface area contributed by atoms with Crippen LogP contribution in [0.15, 0.2) is 0 Å². The van der Waals surface area contributed by atoms with Crippen molar-refractivity contribution < 1.29 is 19.1 Å². The molecule has 0 aromatic rings. The van der Waals surface area contributed by atoms with Crippen LogP contribution in [-0.4, -0.2) is 23.6 Å². The number of hydrogen-bond acceptors (Lipinski definition) is 4. The first-order valence-electron chi connectivity index (χ1n) is 6.28. The van der Waals surface area contributed by atoms with Gasteiger partial charge in [0.05, 0.1) is 0 Å². The summed E-state index contributed by atoms with van der Waals surface area (Å²) in [5.74, 6) is -0.429. The van der Waals surface area contributed by atoms with Crippen LogP contribution in [0, 0.1) is 0 Å². The van der Waals surface area contributed by atoms with Crippen molar-refractivity contribution in [2.24, 2.45) is 0 Å². The van der Waals surface area contributed by atoms with E-state index in [-0.39, 0.29) is 18.0 Å². The molecule has 0 aliphatic carbocycles. The maximum atomic E-state index is 11.4. The van der Waals surface area contributed by atoms with Crippen LogP contribution in [0.5, 0.6) is 0 Å². The van der Waals surface area contributed by atoms with Gasteiger partial charge in [-0.05, 0) is 33.6 Å². The van der Waals surface area contributed by atoms with Crippen LogP contribution in [-0.2, 0) is 19.1 Å². The first-order valence-corrected chi connectivity index (χ1v) is 6.82. The Hall–Kier alpha value is -0.770. The number of rotatable bonds is 8. The monoisotopic (exact) mass is 278 g/mol. The molecular formula is C13H23ClO4. The smallest absolute Gasteiger partial charge is 0.306 e. The third-order valence-corrected chi connectivity index (χ3v) is 2.26. The average molecular weight is 279 g/mol. The van der Waals surface area contributed by atoms with E-state index in [0.29, 0.717) is 12.8 Å². The van der Waals surface area contributed by atoms with Crippen LogP contribution < -0.4 is 0 Å². The zero-order chi connectivity index (χ0) is 14.0. The maximum Gasteiger partial charge on any atom is 0.306 e. The second kappa shape index (κ2) is 9.20. The first-order chi connectivity index (χ1) is 8.35. The summed E-state index contributed by atoms with van der Waals surface area (Å²) in [6, 6.07) is -0.0858. The summed E-state index contributed by atoms with van der Waals surface area (Å²) >= 11 is 5.25. The van der Waals surface area contributed by atoms with Gasteiger partial charge in [-0.2, -0.15) is 0 Å². The third-order valence-electron chi connectivity index (χ3n) is 2.15. The van der Waals surface area contributed by atoms with Gasteiger partial charge in [-0.15, -0.1) is 0 Å². The number of carbonyl (C=O) groups excluding carboxylic acids is 2. The number of esters is 2. The van der Waals surface area contributed by atoms with Crippen molar-refractivity contribution in [3.8, 4) is 0 Å².